The average molecular weight is 355 g/mol. The summed E-state index contributed by atoms with van der Waals surface area (Å²) in [7, 11) is 0. The van der Waals surface area contributed by atoms with Crippen LogP contribution in [-0.4, -0.2) is 74.0 Å². The molecular weight excluding hydrogens is 316 g/mol. The van der Waals surface area contributed by atoms with Gasteiger partial charge >= 0.3 is 0 Å². The van der Waals surface area contributed by atoms with E-state index in [2.05, 4.69) is 41.3 Å². The quantitative estimate of drug-likeness (QED) is 0.409. The number of nitrogens with one attached hydrogen (secondary N) is 2. The van der Waals surface area contributed by atoms with Crippen molar-refractivity contribution in [2.45, 2.75) is 58.6 Å². The molecule has 0 aromatic heterocycles. The van der Waals surface area contributed by atoms with Crippen LogP contribution in [0.25, 0.3) is 0 Å². The first-order valence-corrected chi connectivity index (χ1v) is 10.1. The summed E-state index contributed by atoms with van der Waals surface area (Å²) in [5.41, 5.74) is 0. The van der Waals surface area contributed by atoms with Crippen molar-refractivity contribution < 1.29 is 9.84 Å². The van der Waals surface area contributed by atoms with Gasteiger partial charge in [0.2, 0.25) is 0 Å². The maximum absolute atomic E-state index is 10.0. The largest absolute Gasteiger partial charge is 0.389 e. The van der Waals surface area contributed by atoms with E-state index in [-0.39, 0.29) is 0 Å². The number of rotatable bonds is 10. The van der Waals surface area contributed by atoms with Gasteiger partial charge in [0, 0.05) is 38.8 Å². The Morgan fingerprint density at radius 3 is 2.56 bits per heavy atom. The molecule has 1 aliphatic heterocycles. The lowest BCUT2D eigenvalue weighted by molar-refractivity contribution is 0.0368. The predicted octanol–water partition coefficient (Wildman–Crippen LogP) is 1.45. The van der Waals surface area contributed by atoms with E-state index in [0.717, 1.165) is 56.9 Å². The Hall–Kier alpha value is -0.850. The molecule has 1 atom stereocenters. The first-order chi connectivity index (χ1) is 12.1. The van der Waals surface area contributed by atoms with Crippen LogP contribution in [0.1, 0.15) is 46.5 Å². The Bertz CT molecular complexity index is 391. The molecule has 1 unspecified atom stereocenters. The summed E-state index contributed by atoms with van der Waals surface area (Å²) in [5.74, 6) is 2.27. The highest BCUT2D eigenvalue weighted by atomic mass is 16.5. The smallest absolute Gasteiger partial charge is 0.191 e. The first-order valence-electron chi connectivity index (χ1n) is 10.1. The van der Waals surface area contributed by atoms with Crippen LogP contribution >= 0.6 is 0 Å². The van der Waals surface area contributed by atoms with Crippen LogP contribution in [0.3, 0.4) is 0 Å². The monoisotopic (exact) mass is 354 g/mol. The zero-order valence-electron chi connectivity index (χ0n) is 16.3. The summed E-state index contributed by atoms with van der Waals surface area (Å²) < 4.78 is 5.54. The molecule has 1 heterocycles. The minimum absolute atomic E-state index is 0.381. The van der Waals surface area contributed by atoms with E-state index in [9.17, 15) is 5.11 Å². The molecule has 2 aliphatic rings. The zero-order valence-corrected chi connectivity index (χ0v) is 16.3. The second kappa shape index (κ2) is 11.0. The topological polar surface area (TPSA) is 69.1 Å². The fourth-order valence-electron chi connectivity index (χ4n) is 3.19. The highest BCUT2D eigenvalue weighted by Crippen LogP contribution is 2.28. The molecule has 0 spiro atoms. The number of aliphatic hydroxyl groups is 1. The molecule has 6 heteroatoms. The highest BCUT2D eigenvalue weighted by molar-refractivity contribution is 5.80. The normalized spacial score (nSPS) is 21.6. The maximum atomic E-state index is 10.0. The summed E-state index contributed by atoms with van der Waals surface area (Å²) >= 11 is 0. The summed E-state index contributed by atoms with van der Waals surface area (Å²) in [4.78, 5) is 7.09. The number of aliphatic imine (C=N–C) groups is 1. The van der Waals surface area contributed by atoms with E-state index in [0.29, 0.717) is 19.2 Å². The van der Waals surface area contributed by atoms with Crippen LogP contribution in [0.4, 0.5) is 0 Å². The number of hydrogen-bond acceptors (Lipinski definition) is 4. The summed E-state index contributed by atoms with van der Waals surface area (Å²) in [6.45, 7) is 12.5. The van der Waals surface area contributed by atoms with E-state index in [4.69, 9.17) is 4.74 Å². The molecule has 2 rings (SSSR count). The number of hydrogen-bond donors (Lipinski definition) is 3. The molecule has 0 amide bonds. The Morgan fingerprint density at radius 2 is 1.96 bits per heavy atom. The van der Waals surface area contributed by atoms with Crippen LogP contribution in [0.5, 0.6) is 0 Å². The number of nitrogens with zero attached hydrogens (tertiary/aromatic N) is 2. The average Bonchev–Trinajstić information content (AvgIpc) is 3.38. The van der Waals surface area contributed by atoms with Crippen LogP contribution in [-0.2, 0) is 4.74 Å². The van der Waals surface area contributed by atoms with Gasteiger partial charge in [0.25, 0.3) is 0 Å². The van der Waals surface area contributed by atoms with Crippen molar-refractivity contribution in [1.82, 2.24) is 15.5 Å². The van der Waals surface area contributed by atoms with Crippen molar-refractivity contribution in [2.24, 2.45) is 16.8 Å². The highest BCUT2D eigenvalue weighted by Gasteiger charge is 2.22. The third kappa shape index (κ3) is 8.88. The Kier molecular flexibility index (Phi) is 8.99. The number of guanidine groups is 1. The molecule has 1 aliphatic carbocycles. The predicted molar refractivity (Wildman–Crippen MR) is 103 cm³/mol. The number of aliphatic hydroxyl groups excluding tert-OH is 1. The molecular formula is C19H38N4O2. The Morgan fingerprint density at radius 1 is 1.24 bits per heavy atom. The number of likely N-dealkylation sites (tertiary alicyclic amines) is 1. The van der Waals surface area contributed by atoms with Gasteiger partial charge in [-0.25, -0.2) is 0 Å². The van der Waals surface area contributed by atoms with Gasteiger partial charge in [0.15, 0.2) is 5.96 Å². The molecule has 0 aromatic rings. The van der Waals surface area contributed by atoms with Crippen molar-refractivity contribution in [3.8, 4) is 0 Å². The molecule has 1 saturated heterocycles. The molecule has 25 heavy (non-hydrogen) atoms. The fraction of sp³-hybridized carbons (Fsp3) is 0.947. The van der Waals surface area contributed by atoms with E-state index in [1.54, 1.807) is 0 Å². The van der Waals surface area contributed by atoms with Crippen molar-refractivity contribution in [3.63, 3.8) is 0 Å². The maximum Gasteiger partial charge on any atom is 0.191 e. The molecule has 2 fully saturated rings. The standard InChI is InChI=1S/C19H38N4O2/c1-4-20-19(21-11-18(24)14-25-13-16-5-6-16)22-17-7-9-23(10-8-17)12-15(2)3/h15-18,24H,4-14H2,1-3H3,(H2,20,21,22). The Balaban J connectivity index is 1.67. The van der Waals surface area contributed by atoms with Crippen molar-refractivity contribution in [2.75, 3.05) is 45.9 Å². The van der Waals surface area contributed by atoms with Gasteiger partial charge in [-0.2, -0.15) is 0 Å². The molecule has 0 bridgehead atoms. The van der Waals surface area contributed by atoms with E-state index >= 15 is 0 Å². The fourth-order valence-corrected chi connectivity index (χ4v) is 3.19. The summed E-state index contributed by atoms with van der Waals surface area (Å²) in [5, 5.41) is 16.8. The molecule has 146 valence electrons. The van der Waals surface area contributed by atoms with Gasteiger partial charge in [-0.3, -0.25) is 4.99 Å². The van der Waals surface area contributed by atoms with Crippen LogP contribution in [0.15, 0.2) is 4.99 Å². The van der Waals surface area contributed by atoms with Gasteiger partial charge in [-0.1, -0.05) is 13.8 Å². The molecule has 6 nitrogen and oxygen atoms in total. The molecule has 3 N–H and O–H groups in total. The lowest BCUT2D eigenvalue weighted by atomic mass is 10.0. The van der Waals surface area contributed by atoms with Crippen LogP contribution in [0, 0.1) is 11.8 Å². The molecule has 1 saturated carbocycles. The van der Waals surface area contributed by atoms with Gasteiger partial charge in [-0.05, 0) is 44.4 Å². The van der Waals surface area contributed by atoms with Crippen molar-refractivity contribution in [1.29, 1.82) is 0 Å². The third-order valence-electron chi connectivity index (χ3n) is 4.72. The third-order valence-corrected chi connectivity index (χ3v) is 4.72. The van der Waals surface area contributed by atoms with Crippen molar-refractivity contribution in [3.05, 3.63) is 0 Å². The number of piperidine rings is 1. The zero-order chi connectivity index (χ0) is 18.1. The SMILES string of the molecule is CCNC(=NCC(O)COCC1CC1)NC1CCN(CC(C)C)CC1. The summed E-state index contributed by atoms with van der Waals surface area (Å²) in [6.07, 6.45) is 4.31. The second-order valence-electron chi connectivity index (χ2n) is 7.97. The number of ether oxygens (including phenoxy) is 1. The lowest BCUT2D eigenvalue weighted by Crippen LogP contribution is -2.49. The van der Waals surface area contributed by atoms with Crippen LogP contribution < -0.4 is 10.6 Å². The van der Waals surface area contributed by atoms with Crippen molar-refractivity contribution >= 4 is 5.96 Å². The van der Waals surface area contributed by atoms with Gasteiger partial charge in [0.05, 0.1) is 19.3 Å². The van der Waals surface area contributed by atoms with E-state index in [1.807, 2.05) is 0 Å². The minimum Gasteiger partial charge on any atom is -0.389 e. The van der Waals surface area contributed by atoms with Gasteiger partial charge in [0.1, 0.15) is 0 Å². The first kappa shape index (κ1) is 20.5. The lowest BCUT2D eigenvalue weighted by Gasteiger charge is -2.34. The van der Waals surface area contributed by atoms with E-state index in [1.165, 1.54) is 19.4 Å². The summed E-state index contributed by atoms with van der Waals surface area (Å²) in [6, 6.07) is 0.462. The molecule has 0 aromatic carbocycles. The van der Waals surface area contributed by atoms with E-state index < -0.39 is 6.10 Å². The second-order valence-corrected chi connectivity index (χ2v) is 7.97. The van der Waals surface area contributed by atoms with Gasteiger partial charge in [-0.15, -0.1) is 0 Å². The van der Waals surface area contributed by atoms with Crippen LogP contribution in [0.2, 0.25) is 0 Å². The minimum atomic E-state index is -0.526. The molecule has 0 radical (unpaired) electrons. The Labute approximate surface area is 153 Å². The van der Waals surface area contributed by atoms with Gasteiger partial charge < -0.3 is 25.4 Å².